The van der Waals surface area contributed by atoms with Crippen LogP contribution < -0.4 is 11.1 Å². The molecule has 3 rings (SSSR count). The molecule has 0 bridgehead atoms. The highest BCUT2D eigenvalue weighted by atomic mass is 35.5. The second-order valence-electron chi connectivity index (χ2n) is 6.16. The Kier molecular flexibility index (Phi) is 5.67. The average Bonchev–Trinajstić information content (AvgIpc) is 2.89. The fourth-order valence-electron chi connectivity index (χ4n) is 2.99. The fourth-order valence-corrected chi connectivity index (χ4v) is 3.23. The van der Waals surface area contributed by atoms with Gasteiger partial charge in [0.25, 0.3) is 0 Å². The van der Waals surface area contributed by atoms with Crippen LogP contribution in [-0.4, -0.2) is 55.1 Å². The lowest BCUT2D eigenvalue weighted by molar-refractivity contribution is 0.00445. The molecule has 8 nitrogen and oxygen atoms in total. The zero-order valence-corrected chi connectivity index (χ0v) is 14.6. The molecule has 1 saturated carbocycles. The van der Waals surface area contributed by atoms with E-state index in [1.54, 1.807) is 18.5 Å². The summed E-state index contributed by atoms with van der Waals surface area (Å²) in [6, 6.07) is 3.16. The maximum Gasteiger partial charge on any atom is 0.223 e. The molecule has 2 aromatic rings. The minimum absolute atomic E-state index is 0.00898. The highest BCUT2D eigenvalue weighted by molar-refractivity contribution is 6.31. The number of nitrogens with zero attached hydrogens (tertiary/aromatic N) is 3. The monoisotopic (exact) mass is 377 g/mol. The van der Waals surface area contributed by atoms with Gasteiger partial charge in [-0.1, -0.05) is 17.7 Å². The smallest absolute Gasteiger partial charge is 0.223 e. The van der Waals surface area contributed by atoms with Crippen LogP contribution in [0.15, 0.2) is 24.5 Å². The Morgan fingerprint density at radius 2 is 1.92 bits per heavy atom. The normalized spacial score (nSPS) is 25.7. The van der Waals surface area contributed by atoms with Gasteiger partial charge in [0.1, 0.15) is 17.1 Å². The Labute approximate surface area is 155 Å². The molecule has 2 heterocycles. The SMILES string of the molecule is Nc1nc(Cl)c(/C=C/c2ccncc2)c(N[C@@H]2C[C@H](CO)[C@@H](O)[C@H]2O)n1. The highest BCUT2D eigenvalue weighted by Gasteiger charge is 2.41. The van der Waals surface area contributed by atoms with Crippen LogP contribution in [0, 0.1) is 5.92 Å². The van der Waals surface area contributed by atoms with E-state index in [4.69, 9.17) is 17.3 Å². The summed E-state index contributed by atoms with van der Waals surface area (Å²) in [5.41, 5.74) is 7.11. The number of anilines is 2. The van der Waals surface area contributed by atoms with Gasteiger partial charge >= 0.3 is 0 Å². The number of halogens is 1. The molecule has 9 heteroatoms. The summed E-state index contributed by atoms with van der Waals surface area (Å²) in [4.78, 5) is 12.1. The van der Waals surface area contributed by atoms with Gasteiger partial charge in [0.05, 0.1) is 17.7 Å². The van der Waals surface area contributed by atoms with E-state index in [0.717, 1.165) is 5.56 Å². The molecule has 0 radical (unpaired) electrons. The molecule has 138 valence electrons. The van der Waals surface area contributed by atoms with Crippen LogP contribution in [-0.2, 0) is 0 Å². The molecular weight excluding hydrogens is 358 g/mol. The van der Waals surface area contributed by atoms with E-state index in [2.05, 4.69) is 20.3 Å². The van der Waals surface area contributed by atoms with Gasteiger partial charge in [-0.3, -0.25) is 4.98 Å². The second kappa shape index (κ2) is 7.96. The number of hydrogen-bond acceptors (Lipinski definition) is 8. The van der Waals surface area contributed by atoms with E-state index in [1.165, 1.54) is 0 Å². The summed E-state index contributed by atoms with van der Waals surface area (Å²) in [6.07, 6.45) is 5.23. The van der Waals surface area contributed by atoms with Gasteiger partial charge in [-0.05, 0) is 30.2 Å². The van der Waals surface area contributed by atoms with Gasteiger partial charge < -0.3 is 26.4 Å². The summed E-state index contributed by atoms with van der Waals surface area (Å²) in [6.45, 7) is -0.210. The standard InChI is InChI=1S/C17H20ClN5O3/c18-15-11(2-1-9-3-5-20-6-4-9)16(23-17(19)22-15)21-12-7-10(8-24)13(25)14(12)26/h1-6,10,12-14,24-26H,7-8H2,(H3,19,21,22,23)/b2-1+/t10-,12-,13-,14+/m1/s1. The zero-order chi connectivity index (χ0) is 18.7. The Balaban J connectivity index is 1.88. The molecular formula is C17H20ClN5O3. The maximum atomic E-state index is 10.2. The third-order valence-electron chi connectivity index (χ3n) is 4.42. The van der Waals surface area contributed by atoms with Gasteiger partial charge in [0, 0.05) is 24.9 Å². The predicted molar refractivity (Wildman–Crippen MR) is 99.2 cm³/mol. The van der Waals surface area contributed by atoms with Crippen molar-refractivity contribution >= 4 is 35.5 Å². The lowest BCUT2D eigenvalue weighted by Gasteiger charge is -2.20. The molecule has 1 aliphatic carbocycles. The van der Waals surface area contributed by atoms with Gasteiger partial charge in [-0.15, -0.1) is 0 Å². The third kappa shape index (κ3) is 3.94. The summed E-state index contributed by atoms with van der Waals surface area (Å²) in [5.74, 6) is -0.0686. The zero-order valence-electron chi connectivity index (χ0n) is 13.8. The molecule has 0 spiro atoms. The number of hydrogen-bond donors (Lipinski definition) is 5. The first-order valence-corrected chi connectivity index (χ1v) is 8.52. The van der Waals surface area contributed by atoms with Crippen molar-refractivity contribution in [1.29, 1.82) is 0 Å². The molecule has 2 aromatic heterocycles. The molecule has 1 fully saturated rings. The molecule has 1 aliphatic rings. The van der Waals surface area contributed by atoms with E-state index in [0.29, 0.717) is 17.8 Å². The van der Waals surface area contributed by atoms with E-state index in [-0.39, 0.29) is 17.7 Å². The molecule has 0 aromatic carbocycles. The number of pyridine rings is 1. The van der Waals surface area contributed by atoms with E-state index in [9.17, 15) is 15.3 Å². The lowest BCUT2D eigenvalue weighted by atomic mass is 10.1. The van der Waals surface area contributed by atoms with Crippen LogP contribution >= 0.6 is 11.6 Å². The van der Waals surface area contributed by atoms with Crippen LogP contribution in [0.25, 0.3) is 12.2 Å². The molecule has 4 atom stereocenters. The van der Waals surface area contributed by atoms with Crippen LogP contribution in [0.1, 0.15) is 17.5 Å². The third-order valence-corrected chi connectivity index (χ3v) is 4.71. The minimum atomic E-state index is -1.04. The number of nitrogens with two attached hydrogens (primary N) is 1. The van der Waals surface area contributed by atoms with Gasteiger partial charge in [0.2, 0.25) is 5.95 Å². The van der Waals surface area contributed by atoms with Gasteiger partial charge in [-0.25, -0.2) is 4.98 Å². The highest BCUT2D eigenvalue weighted by Crippen LogP contribution is 2.31. The van der Waals surface area contributed by atoms with Crippen LogP contribution in [0.3, 0.4) is 0 Å². The van der Waals surface area contributed by atoms with Crippen molar-refractivity contribution in [2.75, 3.05) is 17.7 Å². The van der Waals surface area contributed by atoms with Crippen molar-refractivity contribution < 1.29 is 15.3 Å². The van der Waals surface area contributed by atoms with Crippen molar-refractivity contribution in [3.63, 3.8) is 0 Å². The number of aromatic nitrogens is 3. The molecule has 0 unspecified atom stereocenters. The number of rotatable bonds is 5. The lowest BCUT2D eigenvalue weighted by Crippen LogP contribution is -2.35. The summed E-state index contributed by atoms with van der Waals surface area (Å²) >= 11 is 6.22. The van der Waals surface area contributed by atoms with Crippen molar-refractivity contribution in [2.45, 2.75) is 24.7 Å². The first-order chi connectivity index (χ1) is 12.5. The van der Waals surface area contributed by atoms with Crippen LogP contribution in [0.4, 0.5) is 11.8 Å². The molecule has 6 N–H and O–H groups in total. The van der Waals surface area contributed by atoms with Gasteiger partial charge in [0.15, 0.2) is 0 Å². The Morgan fingerprint density at radius 1 is 1.19 bits per heavy atom. The van der Waals surface area contributed by atoms with E-state index >= 15 is 0 Å². The predicted octanol–water partition coefficient (Wildman–Crippen LogP) is 0.792. The van der Waals surface area contributed by atoms with Crippen LogP contribution in [0.5, 0.6) is 0 Å². The Bertz CT molecular complexity index is 789. The van der Waals surface area contributed by atoms with E-state index < -0.39 is 24.2 Å². The molecule has 26 heavy (non-hydrogen) atoms. The van der Waals surface area contributed by atoms with Crippen molar-refractivity contribution in [3.05, 3.63) is 40.8 Å². The molecule has 0 saturated heterocycles. The number of aliphatic hydroxyl groups excluding tert-OH is 3. The van der Waals surface area contributed by atoms with Crippen molar-refractivity contribution in [1.82, 2.24) is 15.0 Å². The summed E-state index contributed by atoms with van der Waals surface area (Å²) in [5, 5.41) is 32.7. The van der Waals surface area contributed by atoms with Crippen molar-refractivity contribution in [3.8, 4) is 0 Å². The topological polar surface area (TPSA) is 137 Å². The van der Waals surface area contributed by atoms with Crippen LogP contribution in [0.2, 0.25) is 5.15 Å². The summed E-state index contributed by atoms with van der Waals surface area (Å²) in [7, 11) is 0. The number of aliphatic hydroxyl groups is 3. The average molecular weight is 378 g/mol. The minimum Gasteiger partial charge on any atom is -0.396 e. The second-order valence-corrected chi connectivity index (χ2v) is 6.52. The molecule has 0 amide bonds. The fraction of sp³-hybridized carbons (Fsp3) is 0.353. The number of nitrogens with one attached hydrogen (secondary N) is 1. The largest absolute Gasteiger partial charge is 0.396 e. The Morgan fingerprint density at radius 3 is 2.58 bits per heavy atom. The number of nitrogen functional groups attached to an aromatic ring is 1. The quantitative estimate of drug-likeness (QED) is 0.482. The van der Waals surface area contributed by atoms with Crippen molar-refractivity contribution in [2.24, 2.45) is 5.92 Å². The van der Waals surface area contributed by atoms with E-state index in [1.807, 2.05) is 18.2 Å². The first-order valence-electron chi connectivity index (χ1n) is 8.14. The maximum absolute atomic E-state index is 10.2. The first kappa shape index (κ1) is 18.5. The Hall–Kier alpha value is -2.26. The summed E-state index contributed by atoms with van der Waals surface area (Å²) < 4.78 is 0. The molecule has 0 aliphatic heterocycles. The van der Waals surface area contributed by atoms with Gasteiger partial charge in [-0.2, -0.15) is 4.98 Å².